The Bertz CT molecular complexity index is 1350. The van der Waals surface area contributed by atoms with Gasteiger partial charge in [-0.1, -0.05) is 60.7 Å². The number of amides is 1. The normalized spacial score (nSPS) is 21.4. The van der Waals surface area contributed by atoms with Crippen molar-refractivity contribution in [3.63, 3.8) is 0 Å². The number of nitrogens with zero attached hydrogens (tertiary/aromatic N) is 1. The van der Waals surface area contributed by atoms with Crippen molar-refractivity contribution >= 4 is 22.5 Å². The molecule has 4 nitrogen and oxygen atoms in total. The monoisotopic (exact) mass is 421 g/mol. The highest BCUT2D eigenvalue weighted by atomic mass is 16.2. The first-order valence-corrected chi connectivity index (χ1v) is 11.4. The van der Waals surface area contributed by atoms with Gasteiger partial charge in [0.2, 0.25) is 5.91 Å². The number of hydrogen-bond acceptors (Lipinski definition) is 2. The Balaban J connectivity index is 1.46. The number of H-pyrrole nitrogens is 1. The van der Waals surface area contributed by atoms with Crippen molar-refractivity contribution in [2.45, 2.75) is 38.3 Å². The first kappa shape index (κ1) is 19.2. The van der Waals surface area contributed by atoms with E-state index in [4.69, 9.17) is 0 Å². The van der Waals surface area contributed by atoms with Crippen LogP contribution in [0.3, 0.4) is 0 Å². The second kappa shape index (κ2) is 6.99. The molecule has 0 bridgehead atoms. The van der Waals surface area contributed by atoms with Gasteiger partial charge in [-0.25, -0.2) is 0 Å². The largest absolute Gasteiger partial charge is 0.364 e. The van der Waals surface area contributed by atoms with E-state index in [0.29, 0.717) is 6.42 Å². The van der Waals surface area contributed by atoms with Gasteiger partial charge < -0.3 is 15.2 Å². The Labute approximate surface area is 188 Å². The van der Waals surface area contributed by atoms with Crippen molar-refractivity contribution in [1.82, 2.24) is 9.88 Å². The average Bonchev–Trinajstić information content (AvgIpc) is 3.44. The van der Waals surface area contributed by atoms with Crippen LogP contribution in [0.1, 0.15) is 34.4 Å². The first-order chi connectivity index (χ1) is 15.6. The van der Waals surface area contributed by atoms with Gasteiger partial charge >= 0.3 is 0 Å². The van der Waals surface area contributed by atoms with Crippen LogP contribution in [0, 0.1) is 13.8 Å². The number of fused-ring (bicyclic) bond motifs is 4. The van der Waals surface area contributed by atoms with E-state index in [2.05, 4.69) is 89.7 Å². The zero-order valence-corrected chi connectivity index (χ0v) is 18.5. The van der Waals surface area contributed by atoms with Crippen molar-refractivity contribution in [2.75, 3.05) is 11.9 Å². The molecule has 3 heterocycles. The Morgan fingerprint density at radius 2 is 1.75 bits per heavy atom. The fourth-order valence-corrected chi connectivity index (χ4v) is 5.92. The molecule has 2 N–H and O–H groups in total. The molecule has 160 valence electrons. The highest BCUT2D eigenvalue weighted by molar-refractivity contribution is 5.87. The van der Waals surface area contributed by atoms with E-state index < -0.39 is 0 Å². The predicted molar refractivity (Wildman–Crippen MR) is 129 cm³/mol. The van der Waals surface area contributed by atoms with Crippen molar-refractivity contribution in [2.24, 2.45) is 0 Å². The third-order valence-electron chi connectivity index (χ3n) is 7.56. The Morgan fingerprint density at radius 3 is 2.59 bits per heavy atom. The van der Waals surface area contributed by atoms with Gasteiger partial charge in [0.15, 0.2) is 0 Å². The quantitative estimate of drug-likeness (QED) is 0.472. The number of anilines is 1. The second-order valence-electron chi connectivity index (χ2n) is 9.17. The summed E-state index contributed by atoms with van der Waals surface area (Å²) in [6.45, 7) is 5.03. The lowest BCUT2D eigenvalue weighted by Crippen LogP contribution is -2.47. The maximum Gasteiger partial charge on any atom is 0.228 e. The first-order valence-electron chi connectivity index (χ1n) is 11.4. The number of para-hydroxylation sites is 2. The van der Waals surface area contributed by atoms with E-state index in [0.717, 1.165) is 29.7 Å². The molecule has 1 aromatic heterocycles. The highest BCUT2D eigenvalue weighted by Gasteiger charge is 2.57. The van der Waals surface area contributed by atoms with Gasteiger partial charge in [0, 0.05) is 28.8 Å². The summed E-state index contributed by atoms with van der Waals surface area (Å²) in [6, 6.07) is 25.2. The number of likely N-dealkylation sites (tertiary alicyclic amines) is 1. The smallest absolute Gasteiger partial charge is 0.228 e. The number of nitrogens with one attached hydrogen (secondary N) is 2. The van der Waals surface area contributed by atoms with Gasteiger partial charge in [0.05, 0.1) is 11.8 Å². The number of rotatable bonds is 3. The number of hydrogen-bond donors (Lipinski definition) is 2. The topological polar surface area (TPSA) is 48.1 Å². The summed E-state index contributed by atoms with van der Waals surface area (Å²) < 4.78 is 0. The number of carbonyl (C=O) groups excluding carboxylic acids is 1. The van der Waals surface area contributed by atoms with Crippen molar-refractivity contribution in [3.05, 3.63) is 101 Å². The minimum absolute atomic E-state index is 0.0943. The lowest BCUT2D eigenvalue weighted by atomic mass is 9.75. The van der Waals surface area contributed by atoms with Gasteiger partial charge in [-0.15, -0.1) is 0 Å². The summed E-state index contributed by atoms with van der Waals surface area (Å²) in [6.07, 6.45) is 1.24. The Morgan fingerprint density at radius 1 is 1.00 bits per heavy atom. The van der Waals surface area contributed by atoms with Gasteiger partial charge in [-0.3, -0.25) is 4.79 Å². The molecule has 6 rings (SSSR count). The van der Waals surface area contributed by atoms with Crippen LogP contribution in [0.2, 0.25) is 0 Å². The lowest BCUT2D eigenvalue weighted by Gasteiger charge is -2.33. The summed E-state index contributed by atoms with van der Waals surface area (Å²) >= 11 is 0. The van der Waals surface area contributed by atoms with Gasteiger partial charge in [0.25, 0.3) is 0 Å². The van der Waals surface area contributed by atoms with Crippen LogP contribution >= 0.6 is 0 Å². The Kier molecular flexibility index (Phi) is 4.19. The van der Waals surface area contributed by atoms with E-state index in [9.17, 15) is 4.79 Å². The molecule has 1 saturated heterocycles. The van der Waals surface area contributed by atoms with Crippen molar-refractivity contribution in [3.8, 4) is 0 Å². The van der Waals surface area contributed by atoms with Gasteiger partial charge in [0.1, 0.15) is 6.17 Å². The maximum atomic E-state index is 13.6. The van der Waals surface area contributed by atoms with Crippen molar-refractivity contribution in [1.29, 1.82) is 0 Å². The summed E-state index contributed by atoms with van der Waals surface area (Å²) in [5.41, 5.74) is 8.07. The van der Waals surface area contributed by atoms with Crippen LogP contribution in [-0.2, 0) is 16.6 Å². The fraction of sp³-hybridized carbons (Fsp3) is 0.250. The molecule has 4 heteroatoms. The SMILES string of the molecule is Cc1ccccc1CC(=O)N1CCC2(c3[nH]c4ccccc4c3C)c3ccccc3NC12. The number of aromatic amines is 1. The van der Waals surface area contributed by atoms with Crippen molar-refractivity contribution < 1.29 is 4.79 Å². The second-order valence-corrected chi connectivity index (χ2v) is 9.17. The predicted octanol–water partition coefficient (Wildman–Crippen LogP) is 5.30. The molecule has 0 saturated carbocycles. The van der Waals surface area contributed by atoms with Crippen LogP contribution in [-0.4, -0.2) is 28.5 Å². The molecular weight excluding hydrogens is 394 g/mol. The summed E-state index contributed by atoms with van der Waals surface area (Å²) in [4.78, 5) is 19.4. The molecule has 2 atom stereocenters. The minimum atomic E-state index is -0.277. The van der Waals surface area contributed by atoms with Crippen LogP contribution in [0.15, 0.2) is 72.8 Å². The Hall–Kier alpha value is -3.53. The van der Waals surface area contributed by atoms with E-state index in [1.807, 2.05) is 12.1 Å². The third-order valence-corrected chi connectivity index (χ3v) is 7.56. The molecule has 2 aliphatic rings. The molecule has 4 aromatic rings. The van der Waals surface area contributed by atoms with E-state index in [1.54, 1.807) is 0 Å². The van der Waals surface area contributed by atoms with Gasteiger partial charge in [-0.05, 0) is 54.7 Å². The van der Waals surface area contributed by atoms with Crippen LogP contribution in [0.4, 0.5) is 5.69 Å². The molecule has 0 spiro atoms. The summed E-state index contributed by atoms with van der Waals surface area (Å²) in [7, 11) is 0. The van der Waals surface area contributed by atoms with Crippen LogP contribution in [0.25, 0.3) is 10.9 Å². The number of carbonyl (C=O) groups is 1. The fourth-order valence-electron chi connectivity index (χ4n) is 5.92. The third kappa shape index (κ3) is 2.59. The zero-order chi connectivity index (χ0) is 21.9. The molecule has 3 aromatic carbocycles. The summed E-state index contributed by atoms with van der Waals surface area (Å²) in [5.74, 6) is 0.181. The maximum absolute atomic E-state index is 13.6. The highest BCUT2D eigenvalue weighted by Crippen LogP contribution is 2.53. The molecular formula is C28H27N3O. The molecule has 2 aliphatic heterocycles. The lowest BCUT2D eigenvalue weighted by molar-refractivity contribution is -0.131. The average molecular weight is 422 g/mol. The molecule has 32 heavy (non-hydrogen) atoms. The number of aryl methyl sites for hydroxylation is 2. The molecule has 0 aliphatic carbocycles. The zero-order valence-electron chi connectivity index (χ0n) is 18.5. The standard InChI is InChI=1S/C28H27N3O/c1-18-9-3-4-10-20(18)17-25(32)31-16-15-28(22-12-6-8-14-24(22)30-27(28)31)26-19(2)21-11-5-7-13-23(21)29-26/h3-14,27,29-30H,15-17H2,1-2H3. The van der Waals surface area contributed by atoms with E-state index in [-0.39, 0.29) is 17.5 Å². The minimum Gasteiger partial charge on any atom is -0.364 e. The molecule has 0 radical (unpaired) electrons. The van der Waals surface area contributed by atoms with Crippen LogP contribution < -0.4 is 5.32 Å². The number of benzene rings is 3. The number of aromatic nitrogens is 1. The van der Waals surface area contributed by atoms with E-state index >= 15 is 0 Å². The van der Waals surface area contributed by atoms with E-state index in [1.165, 1.54) is 27.8 Å². The molecule has 1 fully saturated rings. The summed E-state index contributed by atoms with van der Waals surface area (Å²) in [5, 5.41) is 4.98. The molecule has 2 unspecified atom stereocenters. The molecule has 1 amide bonds. The van der Waals surface area contributed by atoms with Gasteiger partial charge in [-0.2, -0.15) is 0 Å². The van der Waals surface area contributed by atoms with Crippen LogP contribution in [0.5, 0.6) is 0 Å².